The minimum Gasteiger partial charge on any atom is -0.481 e. The Morgan fingerprint density at radius 3 is 2.82 bits per heavy atom. The van der Waals surface area contributed by atoms with Gasteiger partial charge >= 0.3 is 11.7 Å². The van der Waals surface area contributed by atoms with Crippen LogP contribution in [0.1, 0.15) is 23.3 Å². The van der Waals surface area contributed by atoms with Gasteiger partial charge in [-0.25, -0.2) is 4.79 Å². The summed E-state index contributed by atoms with van der Waals surface area (Å²) in [6, 6.07) is 0. The van der Waals surface area contributed by atoms with E-state index in [0.717, 1.165) is 0 Å². The molecule has 0 radical (unpaired) electrons. The predicted octanol–water partition coefficient (Wildman–Crippen LogP) is -0.360. The van der Waals surface area contributed by atoms with Crippen molar-refractivity contribution in [2.24, 2.45) is 5.92 Å². The lowest BCUT2D eigenvalue weighted by molar-refractivity contribution is -0.143. The zero-order chi connectivity index (χ0) is 12.4. The largest absolute Gasteiger partial charge is 0.481 e. The summed E-state index contributed by atoms with van der Waals surface area (Å²) in [5, 5.41) is 8.91. The number of piperidine rings is 1. The Morgan fingerprint density at radius 1 is 1.47 bits per heavy atom. The van der Waals surface area contributed by atoms with E-state index in [0.29, 0.717) is 19.4 Å². The topological polar surface area (TPSA) is 106 Å². The SMILES string of the molecule is O=C(O)C1CCCN(C(=O)c2c[nH]c(=O)[nH]2)C1. The van der Waals surface area contributed by atoms with Gasteiger partial charge in [-0.2, -0.15) is 0 Å². The Morgan fingerprint density at radius 2 is 2.24 bits per heavy atom. The highest BCUT2D eigenvalue weighted by atomic mass is 16.4. The summed E-state index contributed by atoms with van der Waals surface area (Å²) in [6.45, 7) is 0.719. The van der Waals surface area contributed by atoms with Gasteiger partial charge in [0.15, 0.2) is 0 Å². The summed E-state index contributed by atoms with van der Waals surface area (Å²) in [6.07, 6.45) is 2.55. The van der Waals surface area contributed by atoms with Crippen molar-refractivity contribution < 1.29 is 14.7 Å². The number of aromatic amines is 2. The van der Waals surface area contributed by atoms with Crippen molar-refractivity contribution in [2.75, 3.05) is 13.1 Å². The maximum atomic E-state index is 11.9. The van der Waals surface area contributed by atoms with Crippen LogP contribution in [0, 0.1) is 5.92 Å². The number of hydrogen-bond donors (Lipinski definition) is 3. The van der Waals surface area contributed by atoms with Crippen LogP contribution in [0.3, 0.4) is 0 Å². The molecule has 2 rings (SSSR count). The second kappa shape index (κ2) is 4.44. The molecule has 1 aromatic heterocycles. The molecule has 1 fully saturated rings. The van der Waals surface area contributed by atoms with E-state index in [1.165, 1.54) is 11.1 Å². The molecule has 1 atom stereocenters. The van der Waals surface area contributed by atoms with Crippen LogP contribution in [0.2, 0.25) is 0 Å². The Bertz CT molecular complexity index is 490. The van der Waals surface area contributed by atoms with Gasteiger partial charge in [0.2, 0.25) is 0 Å². The van der Waals surface area contributed by atoms with Crippen LogP contribution in [0.25, 0.3) is 0 Å². The summed E-state index contributed by atoms with van der Waals surface area (Å²) >= 11 is 0. The number of nitrogens with zero attached hydrogens (tertiary/aromatic N) is 1. The van der Waals surface area contributed by atoms with Crippen LogP contribution >= 0.6 is 0 Å². The van der Waals surface area contributed by atoms with Gasteiger partial charge in [-0.05, 0) is 12.8 Å². The molecule has 0 aromatic carbocycles. The van der Waals surface area contributed by atoms with E-state index in [1.807, 2.05) is 0 Å². The Balaban J connectivity index is 2.09. The first kappa shape index (κ1) is 11.4. The monoisotopic (exact) mass is 239 g/mol. The maximum absolute atomic E-state index is 11.9. The van der Waals surface area contributed by atoms with Gasteiger partial charge in [-0.15, -0.1) is 0 Å². The van der Waals surface area contributed by atoms with Crippen LogP contribution in [0.15, 0.2) is 11.0 Å². The first-order valence-corrected chi connectivity index (χ1v) is 5.37. The summed E-state index contributed by atoms with van der Waals surface area (Å²) < 4.78 is 0. The number of carboxylic acid groups (broad SMARTS) is 1. The molecule has 2 heterocycles. The molecular weight excluding hydrogens is 226 g/mol. The second-order valence-corrected chi connectivity index (χ2v) is 4.09. The molecule has 0 bridgehead atoms. The van der Waals surface area contributed by atoms with Crippen molar-refractivity contribution >= 4 is 11.9 Å². The first-order valence-electron chi connectivity index (χ1n) is 5.37. The molecule has 1 saturated heterocycles. The van der Waals surface area contributed by atoms with Gasteiger partial charge in [-0.1, -0.05) is 0 Å². The molecule has 1 aliphatic heterocycles. The van der Waals surface area contributed by atoms with E-state index in [1.54, 1.807) is 0 Å². The Labute approximate surface area is 96.4 Å². The second-order valence-electron chi connectivity index (χ2n) is 4.09. The third kappa shape index (κ3) is 2.38. The number of carbonyl (C=O) groups excluding carboxylic acids is 1. The number of aliphatic carboxylic acids is 1. The van der Waals surface area contributed by atoms with Crippen LogP contribution in [0.5, 0.6) is 0 Å². The fraction of sp³-hybridized carbons (Fsp3) is 0.500. The van der Waals surface area contributed by atoms with E-state index in [2.05, 4.69) is 9.97 Å². The maximum Gasteiger partial charge on any atom is 0.323 e. The van der Waals surface area contributed by atoms with Crippen LogP contribution in [-0.4, -0.2) is 44.9 Å². The average molecular weight is 239 g/mol. The number of aromatic nitrogens is 2. The summed E-state index contributed by atoms with van der Waals surface area (Å²) in [5.41, 5.74) is -0.277. The van der Waals surface area contributed by atoms with E-state index in [-0.39, 0.29) is 18.1 Å². The van der Waals surface area contributed by atoms with Crippen molar-refractivity contribution in [2.45, 2.75) is 12.8 Å². The quantitative estimate of drug-likeness (QED) is 0.655. The normalized spacial score (nSPS) is 20.2. The minimum atomic E-state index is -0.884. The van der Waals surface area contributed by atoms with Crippen molar-refractivity contribution in [1.29, 1.82) is 0 Å². The highest BCUT2D eigenvalue weighted by Crippen LogP contribution is 2.17. The van der Waals surface area contributed by atoms with Crippen molar-refractivity contribution in [3.05, 3.63) is 22.4 Å². The number of amides is 1. The Kier molecular flexibility index (Phi) is 2.99. The summed E-state index contributed by atoms with van der Waals surface area (Å²) in [4.78, 5) is 39.8. The van der Waals surface area contributed by atoms with E-state index in [4.69, 9.17) is 5.11 Å². The fourth-order valence-corrected chi connectivity index (χ4v) is 1.98. The number of imidazole rings is 1. The molecule has 7 heteroatoms. The van der Waals surface area contributed by atoms with Crippen molar-refractivity contribution in [3.63, 3.8) is 0 Å². The number of carboxylic acids is 1. The zero-order valence-electron chi connectivity index (χ0n) is 9.10. The molecule has 0 saturated carbocycles. The Hall–Kier alpha value is -2.05. The molecule has 3 N–H and O–H groups in total. The number of likely N-dealkylation sites (tertiary alicyclic amines) is 1. The number of H-pyrrole nitrogens is 2. The van der Waals surface area contributed by atoms with Crippen LogP contribution in [-0.2, 0) is 4.79 Å². The molecule has 92 valence electrons. The standard InChI is InChI=1S/C10H13N3O4/c14-8(7-4-11-10(17)12-7)13-3-1-2-6(5-13)9(15)16/h4,6H,1-3,5H2,(H,15,16)(H2,11,12,17). The average Bonchev–Trinajstić information content (AvgIpc) is 2.75. The van der Waals surface area contributed by atoms with E-state index < -0.39 is 17.6 Å². The number of nitrogens with one attached hydrogen (secondary N) is 2. The molecule has 17 heavy (non-hydrogen) atoms. The van der Waals surface area contributed by atoms with Gasteiger partial charge in [-0.3, -0.25) is 9.59 Å². The smallest absolute Gasteiger partial charge is 0.323 e. The fourth-order valence-electron chi connectivity index (χ4n) is 1.98. The molecule has 1 aromatic rings. The molecular formula is C10H13N3O4. The lowest BCUT2D eigenvalue weighted by Crippen LogP contribution is -2.42. The van der Waals surface area contributed by atoms with Crippen LogP contribution in [0.4, 0.5) is 0 Å². The van der Waals surface area contributed by atoms with Gasteiger partial charge in [0.1, 0.15) is 5.69 Å². The first-order chi connectivity index (χ1) is 8.08. The summed E-state index contributed by atoms with van der Waals surface area (Å²) in [5.74, 6) is -1.74. The lowest BCUT2D eigenvalue weighted by atomic mass is 9.98. The third-order valence-corrected chi connectivity index (χ3v) is 2.88. The van der Waals surface area contributed by atoms with Crippen LogP contribution < -0.4 is 5.69 Å². The highest BCUT2D eigenvalue weighted by Gasteiger charge is 2.29. The van der Waals surface area contributed by atoms with Gasteiger partial charge < -0.3 is 20.0 Å². The van der Waals surface area contributed by atoms with Gasteiger partial charge in [0, 0.05) is 19.3 Å². The minimum absolute atomic E-state index is 0.168. The molecule has 7 nitrogen and oxygen atoms in total. The van der Waals surface area contributed by atoms with Crippen molar-refractivity contribution in [1.82, 2.24) is 14.9 Å². The van der Waals surface area contributed by atoms with Gasteiger partial charge in [0.25, 0.3) is 5.91 Å². The highest BCUT2D eigenvalue weighted by molar-refractivity contribution is 5.92. The molecule has 1 aliphatic rings. The zero-order valence-corrected chi connectivity index (χ0v) is 9.10. The lowest BCUT2D eigenvalue weighted by Gasteiger charge is -2.30. The number of hydrogen-bond acceptors (Lipinski definition) is 3. The number of rotatable bonds is 2. The number of carbonyl (C=O) groups is 2. The molecule has 0 spiro atoms. The van der Waals surface area contributed by atoms with E-state index in [9.17, 15) is 14.4 Å². The van der Waals surface area contributed by atoms with E-state index >= 15 is 0 Å². The van der Waals surface area contributed by atoms with Gasteiger partial charge in [0.05, 0.1) is 5.92 Å². The molecule has 0 aliphatic carbocycles. The third-order valence-electron chi connectivity index (χ3n) is 2.88. The van der Waals surface area contributed by atoms with Crippen molar-refractivity contribution in [3.8, 4) is 0 Å². The molecule has 1 unspecified atom stereocenters. The summed E-state index contributed by atoms with van der Waals surface area (Å²) in [7, 11) is 0. The predicted molar refractivity (Wildman–Crippen MR) is 57.7 cm³/mol. The molecule has 1 amide bonds.